The molecule has 4 heterocycles. The molecule has 3 aromatic rings. The molecule has 1 amide bonds. The first-order valence-electron chi connectivity index (χ1n) is 11.4. The van der Waals surface area contributed by atoms with E-state index in [2.05, 4.69) is 20.1 Å². The Morgan fingerprint density at radius 1 is 1.23 bits per heavy atom. The number of fused-ring (bicyclic) bond motifs is 1. The normalized spacial score (nSPS) is 15.4. The maximum Gasteiger partial charge on any atom is 0.244 e. The highest BCUT2D eigenvalue weighted by Crippen LogP contribution is 2.34. The zero-order chi connectivity index (χ0) is 24.4. The van der Waals surface area contributed by atoms with Crippen molar-refractivity contribution in [3.05, 3.63) is 40.9 Å². The number of H-pyrrole nitrogens is 1. The van der Waals surface area contributed by atoms with Crippen LogP contribution in [0.5, 0.6) is 5.75 Å². The number of piperazine rings is 1. The van der Waals surface area contributed by atoms with Gasteiger partial charge in [-0.05, 0) is 18.9 Å². The predicted molar refractivity (Wildman–Crippen MR) is 128 cm³/mol. The molecule has 2 aliphatic heterocycles. The minimum atomic E-state index is -0.669. The summed E-state index contributed by atoms with van der Waals surface area (Å²) in [6.45, 7) is 0.919. The zero-order valence-corrected chi connectivity index (χ0v) is 19.6. The molecule has 184 valence electrons. The highest BCUT2D eigenvalue weighted by Gasteiger charge is 2.27. The molecule has 0 spiro atoms. The highest BCUT2D eigenvalue weighted by molar-refractivity contribution is 6.32. The molecule has 0 saturated carbocycles. The summed E-state index contributed by atoms with van der Waals surface area (Å²) in [6.07, 6.45) is 6.83. The quantitative estimate of drug-likeness (QED) is 0.533. The minimum absolute atomic E-state index is 0.0525. The molecule has 9 nitrogen and oxygen atoms in total. The van der Waals surface area contributed by atoms with Gasteiger partial charge < -0.3 is 19.5 Å². The third-order valence-electron chi connectivity index (χ3n) is 6.07. The number of hydrogen-bond acceptors (Lipinski definition) is 6. The van der Waals surface area contributed by atoms with Crippen LogP contribution >= 0.6 is 11.6 Å². The summed E-state index contributed by atoms with van der Waals surface area (Å²) in [5.41, 5.74) is 2.00. The van der Waals surface area contributed by atoms with E-state index in [4.69, 9.17) is 16.3 Å². The fraction of sp³-hybridized carbons (Fsp3) is 0.391. The number of benzene rings is 1. The first-order chi connectivity index (χ1) is 17.0. The third kappa shape index (κ3) is 4.72. The first-order valence-corrected chi connectivity index (χ1v) is 11.8. The molecule has 12 heteroatoms. The molecule has 0 radical (unpaired) electrons. The number of carbonyl (C=O) groups excluding carboxylic acids is 1. The molecule has 5 rings (SSSR count). The van der Waals surface area contributed by atoms with Gasteiger partial charge in [-0.25, -0.2) is 23.4 Å². The van der Waals surface area contributed by atoms with Crippen molar-refractivity contribution in [3.63, 3.8) is 0 Å². The molecule has 1 saturated heterocycles. The SMILES string of the molecule is O=C(Cn1nc(-c2ncc[nH]2)c2c1N=CCC2)N1CCN(c2cc(OCCF)c(Cl)cc2F)CC1. The van der Waals surface area contributed by atoms with Crippen molar-refractivity contribution in [1.82, 2.24) is 24.6 Å². The Bertz CT molecular complexity index is 1240. The van der Waals surface area contributed by atoms with Crippen LogP contribution in [-0.4, -0.2) is 76.2 Å². The van der Waals surface area contributed by atoms with Gasteiger partial charge in [-0.1, -0.05) is 11.6 Å². The number of aromatic amines is 1. The molecule has 35 heavy (non-hydrogen) atoms. The minimum Gasteiger partial charge on any atom is -0.489 e. The van der Waals surface area contributed by atoms with Crippen LogP contribution in [0.1, 0.15) is 12.0 Å². The number of halogens is 3. The number of amides is 1. The molecule has 1 aromatic carbocycles. The van der Waals surface area contributed by atoms with Gasteiger partial charge in [-0.2, -0.15) is 5.10 Å². The summed E-state index contributed by atoms with van der Waals surface area (Å²) in [7, 11) is 0. The van der Waals surface area contributed by atoms with Gasteiger partial charge in [0.2, 0.25) is 5.91 Å². The summed E-state index contributed by atoms with van der Waals surface area (Å²) >= 11 is 6.02. The van der Waals surface area contributed by atoms with Crippen molar-refractivity contribution in [2.45, 2.75) is 19.4 Å². The number of aliphatic imine (C=N–C) groups is 1. The van der Waals surface area contributed by atoms with Crippen molar-refractivity contribution in [2.75, 3.05) is 44.4 Å². The van der Waals surface area contributed by atoms with E-state index in [1.807, 2.05) is 11.1 Å². The topological polar surface area (TPSA) is 91.6 Å². The van der Waals surface area contributed by atoms with Crippen molar-refractivity contribution in [3.8, 4) is 17.3 Å². The maximum atomic E-state index is 14.6. The summed E-state index contributed by atoms with van der Waals surface area (Å²) in [5.74, 6) is 0.978. The van der Waals surface area contributed by atoms with Crippen LogP contribution in [0.15, 0.2) is 29.5 Å². The van der Waals surface area contributed by atoms with Gasteiger partial charge in [0.15, 0.2) is 11.6 Å². The van der Waals surface area contributed by atoms with Crippen LogP contribution in [0.3, 0.4) is 0 Å². The Morgan fingerprint density at radius 2 is 2.06 bits per heavy atom. The van der Waals surface area contributed by atoms with E-state index in [0.29, 0.717) is 49.2 Å². The second-order valence-electron chi connectivity index (χ2n) is 8.24. The Kier molecular flexibility index (Phi) is 6.67. The predicted octanol–water partition coefficient (Wildman–Crippen LogP) is 3.41. The molecule has 0 atom stereocenters. The molecule has 1 N–H and O–H groups in total. The van der Waals surface area contributed by atoms with E-state index < -0.39 is 12.5 Å². The standard InChI is InChI=1S/C23H24ClF2N7O2/c24-16-12-17(26)18(13-19(16)35-11-3-25)31-7-9-32(10-8-31)20(34)14-33-23-15(2-1-4-29-23)21(30-33)22-27-5-6-28-22/h4-6,12-13H,1-3,7-11,14H2,(H,27,28). The van der Waals surface area contributed by atoms with Gasteiger partial charge in [0.05, 0.1) is 10.7 Å². The molecule has 2 aromatic heterocycles. The van der Waals surface area contributed by atoms with Gasteiger partial charge in [0.1, 0.15) is 37.1 Å². The number of alkyl halides is 1. The van der Waals surface area contributed by atoms with Crippen LogP contribution in [0, 0.1) is 5.82 Å². The van der Waals surface area contributed by atoms with E-state index in [1.54, 1.807) is 22.0 Å². The Morgan fingerprint density at radius 3 is 2.80 bits per heavy atom. The monoisotopic (exact) mass is 503 g/mol. The summed E-state index contributed by atoms with van der Waals surface area (Å²) in [4.78, 5) is 28.5. The van der Waals surface area contributed by atoms with Gasteiger partial charge >= 0.3 is 0 Å². The number of rotatable bonds is 7. The van der Waals surface area contributed by atoms with E-state index in [9.17, 15) is 13.6 Å². The molecular formula is C23H24ClF2N7O2. The number of nitrogens with zero attached hydrogens (tertiary/aromatic N) is 6. The lowest BCUT2D eigenvalue weighted by molar-refractivity contribution is -0.132. The van der Waals surface area contributed by atoms with Crippen LogP contribution in [0.25, 0.3) is 11.5 Å². The largest absolute Gasteiger partial charge is 0.489 e. The lowest BCUT2D eigenvalue weighted by Gasteiger charge is -2.36. The van der Waals surface area contributed by atoms with Crippen LogP contribution in [0.4, 0.5) is 20.3 Å². The summed E-state index contributed by atoms with van der Waals surface area (Å²) in [5, 5.41) is 4.72. The van der Waals surface area contributed by atoms with E-state index >= 15 is 0 Å². The average Bonchev–Trinajstić information content (AvgIpc) is 3.52. The molecule has 0 unspecified atom stereocenters. The van der Waals surface area contributed by atoms with Crippen molar-refractivity contribution >= 4 is 35.2 Å². The average molecular weight is 504 g/mol. The van der Waals surface area contributed by atoms with Crippen LogP contribution < -0.4 is 9.64 Å². The lowest BCUT2D eigenvalue weighted by atomic mass is 10.1. The summed E-state index contributed by atoms with van der Waals surface area (Å²) < 4.78 is 34.0. The highest BCUT2D eigenvalue weighted by atomic mass is 35.5. The van der Waals surface area contributed by atoms with Gasteiger partial charge in [0, 0.05) is 56.4 Å². The number of hydrogen-bond donors (Lipinski definition) is 1. The number of anilines is 1. The van der Waals surface area contributed by atoms with Gasteiger partial charge in [-0.3, -0.25) is 4.79 Å². The maximum absolute atomic E-state index is 14.6. The zero-order valence-electron chi connectivity index (χ0n) is 18.9. The Balaban J connectivity index is 1.27. The van der Waals surface area contributed by atoms with E-state index in [1.165, 1.54) is 12.1 Å². The van der Waals surface area contributed by atoms with Crippen molar-refractivity contribution in [2.24, 2.45) is 4.99 Å². The van der Waals surface area contributed by atoms with E-state index in [-0.39, 0.29) is 29.8 Å². The fourth-order valence-corrected chi connectivity index (χ4v) is 4.57. The molecular weight excluding hydrogens is 480 g/mol. The number of aromatic nitrogens is 4. The third-order valence-corrected chi connectivity index (χ3v) is 6.37. The van der Waals surface area contributed by atoms with Crippen LogP contribution in [-0.2, 0) is 17.8 Å². The second-order valence-corrected chi connectivity index (χ2v) is 8.64. The van der Waals surface area contributed by atoms with Crippen molar-refractivity contribution < 1.29 is 18.3 Å². The fourth-order valence-electron chi connectivity index (χ4n) is 4.36. The molecule has 2 aliphatic rings. The number of carbonyl (C=O) groups is 1. The van der Waals surface area contributed by atoms with Crippen LogP contribution in [0.2, 0.25) is 5.02 Å². The number of imidazole rings is 1. The number of ether oxygens (including phenoxy) is 1. The molecule has 0 bridgehead atoms. The smallest absolute Gasteiger partial charge is 0.244 e. The summed E-state index contributed by atoms with van der Waals surface area (Å²) in [6, 6.07) is 2.65. The number of nitrogens with one attached hydrogen (secondary N) is 1. The lowest BCUT2D eigenvalue weighted by Crippen LogP contribution is -2.49. The first kappa shape index (κ1) is 23.3. The van der Waals surface area contributed by atoms with E-state index in [0.717, 1.165) is 18.4 Å². The molecule has 1 fully saturated rings. The molecule has 0 aliphatic carbocycles. The Labute approximate surface area is 205 Å². The van der Waals surface area contributed by atoms with Crippen molar-refractivity contribution in [1.29, 1.82) is 0 Å². The van der Waals surface area contributed by atoms with Gasteiger partial charge in [-0.15, -0.1) is 0 Å². The van der Waals surface area contributed by atoms with Gasteiger partial charge in [0.25, 0.3) is 0 Å². The second kappa shape index (κ2) is 10.0. The Hall–Kier alpha value is -3.47.